The third kappa shape index (κ3) is 4.75. The van der Waals surface area contributed by atoms with Crippen LogP contribution in [0.3, 0.4) is 0 Å². The molecule has 0 bridgehead atoms. The molecule has 2 N–H and O–H groups in total. The van der Waals surface area contributed by atoms with Gasteiger partial charge in [-0.3, -0.25) is 4.79 Å². The van der Waals surface area contributed by atoms with Gasteiger partial charge in [0.05, 0.1) is 23.4 Å². The number of aromatic nitrogens is 1. The first-order chi connectivity index (χ1) is 16.3. The number of fused-ring (bicyclic) bond motifs is 1. The summed E-state index contributed by atoms with van der Waals surface area (Å²) in [5.74, 6) is -1.86. The Labute approximate surface area is 201 Å². The fraction of sp³-hybridized carbons (Fsp3) is 0.120. The van der Waals surface area contributed by atoms with Crippen LogP contribution in [0.15, 0.2) is 77.7 Å². The molecule has 34 heavy (non-hydrogen) atoms. The summed E-state index contributed by atoms with van der Waals surface area (Å²) in [5, 5.41) is 0.557. The summed E-state index contributed by atoms with van der Waals surface area (Å²) < 4.78 is 33.2. The number of ether oxygens (including phenoxy) is 1. The summed E-state index contributed by atoms with van der Waals surface area (Å²) in [5.41, 5.74) is 2.40. The molecule has 3 aromatic carbocycles. The number of ketones is 1. The summed E-state index contributed by atoms with van der Waals surface area (Å²) in [6.07, 6.45) is 0.511. The number of H-pyrrole nitrogens is 1. The highest BCUT2D eigenvalue weighted by Crippen LogP contribution is 2.34. The van der Waals surface area contributed by atoms with E-state index in [0.29, 0.717) is 28.6 Å². The second kappa shape index (κ2) is 9.80. The second-order valence-electron chi connectivity index (χ2n) is 7.52. The molecular formula is C25H21ClN2O5S. The van der Waals surface area contributed by atoms with E-state index in [1.807, 2.05) is 30.3 Å². The number of sulfonamides is 1. The van der Waals surface area contributed by atoms with Crippen LogP contribution in [0.2, 0.25) is 5.02 Å². The molecule has 1 heterocycles. The lowest BCUT2D eigenvalue weighted by Gasteiger charge is -2.11. The molecule has 0 unspecified atom stereocenters. The van der Waals surface area contributed by atoms with Crippen molar-refractivity contribution in [1.29, 1.82) is 0 Å². The number of nitrogens with one attached hydrogen (secondary N) is 2. The minimum Gasteiger partial charge on any atom is -0.463 e. The fourth-order valence-corrected chi connectivity index (χ4v) is 5.26. The predicted octanol–water partition coefficient (Wildman–Crippen LogP) is 4.37. The Hall–Kier alpha value is -3.46. The minimum absolute atomic E-state index is 0.0351. The van der Waals surface area contributed by atoms with Crippen molar-refractivity contribution in [3.63, 3.8) is 0 Å². The lowest BCUT2D eigenvalue weighted by molar-refractivity contribution is -0.135. The highest BCUT2D eigenvalue weighted by molar-refractivity contribution is 7.89. The number of rotatable bonds is 8. The first-order valence-electron chi connectivity index (χ1n) is 10.4. The van der Waals surface area contributed by atoms with Gasteiger partial charge in [0.1, 0.15) is 4.90 Å². The monoisotopic (exact) mass is 496 g/mol. The Morgan fingerprint density at radius 3 is 2.44 bits per heavy atom. The zero-order chi connectivity index (χ0) is 24.3. The number of carbonyl (C=O) groups is 2. The summed E-state index contributed by atoms with van der Waals surface area (Å²) in [6, 6.07) is 20.9. The molecule has 0 saturated carbocycles. The molecule has 0 saturated heterocycles. The van der Waals surface area contributed by atoms with Gasteiger partial charge in [0, 0.05) is 23.0 Å². The van der Waals surface area contributed by atoms with Crippen molar-refractivity contribution in [3.05, 3.63) is 88.9 Å². The number of aromatic amines is 1. The first kappa shape index (κ1) is 23.7. The molecule has 4 rings (SSSR count). The van der Waals surface area contributed by atoms with E-state index < -0.39 is 21.8 Å². The fourth-order valence-electron chi connectivity index (χ4n) is 3.71. The maximum absolute atomic E-state index is 13.0. The number of benzene rings is 3. The Morgan fingerprint density at radius 1 is 1.00 bits per heavy atom. The summed E-state index contributed by atoms with van der Waals surface area (Å²) in [4.78, 5) is 27.8. The van der Waals surface area contributed by atoms with Crippen LogP contribution < -0.4 is 4.72 Å². The van der Waals surface area contributed by atoms with Gasteiger partial charge in [0.2, 0.25) is 10.0 Å². The Kier molecular flexibility index (Phi) is 6.83. The van der Waals surface area contributed by atoms with Crippen molar-refractivity contribution in [2.45, 2.75) is 11.3 Å². The van der Waals surface area contributed by atoms with E-state index in [1.54, 1.807) is 30.3 Å². The summed E-state index contributed by atoms with van der Waals surface area (Å²) in [6.45, 7) is 0.186. The van der Waals surface area contributed by atoms with Gasteiger partial charge in [-0.1, -0.05) is 66.2 Å². The van der Waals surface area contributed by atoms with Crippen LogP contribution in [0.1, 0.15) is 15.9 Å². The maximum atomic E-state index is 13.0. The van der Waals surface area contributed by atoms with Crippen molar-refractivity contribution in [3.8, 4) is 11.3 Å². The van der Waals surface area contributed by atoms with E-state index in [9.17, 15) is 18.0 Å². The number of halogens is 1. The molecule has 0 atom stereocenters. The lowest BCUT2D eigenvalue weighted by Crippen LogP contribution is -2.26. The number of Topliss-reactive ketones (excluding diaryl/α,β-unsaturated/α-hetero) is 1. The first-order valence-corrected chi connectivity index (χ1v) is 12.2. The van der Waals surface area contributed by atoms with E-state index in [2.05, 4.69) is 14.4 Å². The molecule has 0 amide bonds. The van der Waals surface area contributed by atoms with E-state index in [4.69, 9.17) is 11.6 Å². The number of para-hydroxylation sites is 1. The van der Waals surface area contributed by atoms with Gasteiger partial charge in [-0.25, -0.2) is 17.9 Å². The average Bonchev–Trinajstić information content (AvgIpc) is 3.23. The summed E-state index contributed by atoms with van der Waals surface area (Å²) >= 11 is 6.25. The van der Waals surface area contributed by atoms with Gasteiger partial charge in [-0.15, -0.1) is 0 Å². The van der Waals surface area contributed by atoms with E-state index in [0.717, 1.165) is 12.7 Å². The van der Waals surface area contributed by atoms with Gasteiger partial charge in [0.25, 0.3) is 5.78 Å². The highest BCUT2D eigenvalue weighted by Gasteiger charge is 2.27. The van der Waals surface area contributed by atoms with Gasteiger partial charge in [0.15, 0.2) is 0 Å². The molecule has 9 heteroatoms. The largest absolute Gasteiger partial charge is 0.463 e. The molecule has 0 aliphatic carbocycles. The van der Waals surface area contributed by atoms with Crippen LogP contribution in [0.4, 0.5) is 0 Å². The molecule has 174 valence electrons. The van der Waals surface area contributed by atoms with Crippen molar-refractivity contribution in [2.24, 2.45) is 0 Å². The van der Waals surface area contributed by atoms with Crippen LogP contribution in [0, 0.1) is 0 Å². The van der Waals surface area contributed by atoms with Gasteiger partial charge in [-0.2, -0.15) is 0 Å². The number of esters is 1. The zero-order valence-electron chi connectivity index (χ0n) is 18.2. The Balaban J connectivity index is 1.72. The minimum atomic E-state index is -3.95. The van der Waals surface area contributed by atoms with Crippen LogP contribution in [0.25, 0.3) is 22.2 Å². The molecule has 0 aliphatic heterocycles. The van der Waals surface area contributed by atoms with Crippen LogP contribution in [0.5, 0.6) is 0 Å². The Bertz CT molecular complexity index is 1480. The van der Waals surface area contributed by atoms with Gasteiger partial charge < -0.3 is 9.72 Å². The molecule has 1 aromatic heterocycles. The molecule has 0 fully saturated rings. The van der Waals surface area contributed by atoms with Crippen LogP contribution >= 0.6 is 11.6 Å². The average molecular weight is 497 g/mol. The standard InChI is InChI=1S/C25H21ClN2O5S/c1-33-25(30)24(29)22-18-9-5-6-10-20(18)28-23(22)17-11-12-19(26)21(15-17)34(31,32)27-14-13-16-7-3-2-4-8-16/h2-12,15,27-28H,13-14H2,1H3. The third-order valence-electron chi connectivity index (χ3n) is 5.36. The third-order valence-corrected chi connectivity index (χ3v) is 7.30. The van der Waals surface area contributed by atoms with Gasteiger partial charge >= 0.3 is 5.97 Å². The van der Waals surface area contributed by atoms with Crippen molar-refractivity contribution in [1.82, 2.24) is 9.71 Å². The smallest absolute Gasteiger partial charge is 0.379 e. The lowest BCUT2D eigenvalue weighted by atomic mass is 10.0. The molecular weight excluding hydrogens is 476 g/mol. The van der Waals surface area contributed by atoms with Crippen molar-refractivity contribution in [2.75, 3.05) is 13.7 Å². The second-order valence-corrected chi connectivity index (χ2v) is 9.66. The topological polar surface area (TPSA) is 105 Å². The van der Waals surface area contributed by atoms with Crippen molar-refractivity contribution >= 4 is 44.3 Å². The SMILES string of the molecule is COC(=O)C(=O)c1c(-c2ccc(Cl)c(S(=O)(=O)NCCc3ccccc3)c2)[nH]c2ccccc12. The zero-order valence-corrected chi connectivity index (χ0v) is 19.7. The predicted molar refractivity (Wildman–Crippen MR) is 130 cm³/mol. The van der Waals surface area contributed by atoms with Crippen LogP contribution in [-0.4, -0.2) is 38.8 Å². The number of methoxy groups -OCH3 is 1. The molecule has 0 aliphatic rings. The Morgan fingerprint density at radius 2 is 1.71 bits per heavy atom. The van der Waals surface area contributed by atoms with E-state index in [1.165, 1.54) is 12.1 Å². The number of hydrogen-bond donors (Lipinski definition) is 2. The molecule has 0 radical (unpaired) electrons. The highest BCUT2D eigenvalue weighted by atomic mass is 35.5. The number of carbonyl (C=O) groups excluding carboxylic acids is 2. The normalized spacial score (nSPS) is 11.5. The van der Waals surface area contributed by atoms with E-state index in [-0.39, 0.29) is 22.0 Å². The molecule has 4 aromatic rings. The quantitative estimate of drug-likeness (QED) is 0.214. The molecule has 0 spiro atoms. The number of hydrogen-bond acceptors (Lipinski definition) is 5. The summed E-state index contributed by atoms with van der Waals surface area (Å²) in [7, 11) is -2.82. The molecule has 7 nitrogen and oxygen atoms in total. The van der Waals surface area contributed by atoms with Crippen molar-refractivity contribution < 1.29 is 22.7 Å². The van der Waals surface area contributed by atoms with Crippen LogP contribution in [-0.2, 0) is 26.0 Å². The maximum Gasteiger partial charge on any atom is 0.379 e. The van der Waals surface area contributed by atoms with Gasteiger partial charge in [-0.05, 0) is 30.2 Å². The van der Waals surface area contributed by atoms with E-state index >= 15 is 0 Å².